The summed E-state index contributed by atoms with van der Waals surface area (Å²) in [5.74, 6) is 0.645. The van der Waals surface area contributed by atoms with Gasteiger partial charge in [0.05, 0.1) is 24.2 Å². The minimum absolute atomic E-state index is 0.191. The number of ether oxygens (including phenoxy) is 2. The van der Waals surface area contributed by atoms with E-state index in [0.29, 0.717) is 41.6 Å². The number of alkyl halides is 3. The number of carbonyl (C=O) groups excluding carboxylic acids is 1. The number of hydrogen-bond acceptors (Lipinski definition) is 9. The van der Waals surface area contributed by atoms with Gasteiger partial charge in [-0.25, -0.2) is 4.98 Å². The van der Waals surface area contributed by atoms with E-state index in [9.17, 15) is 18.0 Å². The van der Waals surface area contributed by atoms with Crippen molar-refractivity contribution in [2.45, 2.75) is 6.36 Å². The van der Waals surface area contributed by atoms with Gasteiger partial charge in [0.1, 0.15) is 17.3 Å². The molecule has 0 saturated heterocycles. The molecule has 0 atom stereocenters. The molecule has 13 heteroatoms. The highest BCUT2D eigenvalue weighted by molar-refractivity contribution is 5.87. The predicted molar refractivity (Wildman–Crippen MR) is 136 cm³/mol. The molecule has 0 bridgehead atoms. The number of hydrogen-bond donors (Lipinski definition) is 3. The fourth-order valence-corrected chi connectivity index (χ4v) is 3.33. The molecular formula is C24H28F3N7O3. The third-order valence-electron chi connectivity index (χ3n) is 5.07. The molecule has 2 aromatic carbocycles. The Kier molecular flexibility index (Phi) is 8.95. The maximum Gasteiger partial charge on any atom is 0.573 e. The summed E-state index contributed by atoms with van der Waals surface area (Å²) in [6.07, 6.45) is -2.72. The molecule has 0 fully saturated rings. The Morgan fingerprint density at radius 1 is 1.03 bits per heavy atom. The lowest BCUT2D eigenvalue weighted by Crippen LogP contribution is -2.29. The Labute approximate surface area is 212 Å². The number of benzene rings is 2. The van der Waals surface area contributed by atoms with Gasteiger partial charge < -0.3 is 35.2 Å². The summed E-state index contributed by atoms with van der Waals surface area (Å²) >= 11 is 0. The van der Waals surface area contributed by atoms with Crippen LogP contribution >= 0.6 is 0 Å². The minimum atomic E-state index is -4.79. The molecule has 198 valence electrons. The van der Waals surface area contributed by atoms with Crippen molar-refractivity contribution in [3.8, 4) is 11.5 Å². The number of rotatable bonds is 12. The van der Waals surface area contributed by atoms with E-state index in [0.717, 1.165) is 12.2 Å². The first kappa shape index (κ1) is 27.3. The summed E-state index contributed by atoms with van der Waals surface area (Å²) in [6, 6.07) is 10.5. The molecule has 0 radical (unpaired) electrons. The lowest BCUT2D eigenvalue weighted by Gasteiger charge is -2.25. The van der Waals surface area contributed by atoms with Crippen LogP contribution in [0.1, 0.15) is 0 Å². The Balaban J connectivity index is 1.83. The van der Waals surface area contributed by atoms with Gasteiger partial charge in [-0.05, 0) is 38.4 Å². The zero-order valence-corrected chi connectivity index (χ0v) is 20.8. The molecule has 1 amide bonds. The highest BCUT2D eigenvalue weighted by Crippen LogP contribution is 2.37. The molecule has 3 N–H and O–H groups in total. The Morgan fingerprint density at radius 3 is 2.49 bits per heavy atom. The van der Waals surface area contributed by atoms with Gasteiger partial charge in [0.25, 0.3) is 0 Å². The van der Waals surface area contributed by atoms with E-state index in [1.165, 1.54) is 31.5 Å². The van der Waals surface area contributed by atoms with E-state index in [4.69, 9.17) is 4.74 Å². The van der Waals surface area contributed by atoms with Crippen LogP contribution < -0.4 is 30.3 Å². The number of methoxy groups -OCH3 is 1. The number of halogens is 3. The molecule has 10 nitrogen and oxygen atoms in total. The summed E-state index contributed by atoms with van der Waals surface area (Å²) in [7, 11) is 7.38. The zero-order chi connectivity index (χ0) is 27.0. The Hall–Kier alpha value is -4.26. The average Bonchev–Trinajstić information content (AvgIpc) is 2.82. The Bertz CT molecular complexity index is 1210. The SMILES string of the molecule is COc1cc(N(C)CCN(C)C)c(NC=O)cc1Nc1nccc(Nc2cccc(OC(F)(F)F)c2)n1. The van der Waals surface area contributed by atoms with Crippen LogP contribution in [0.15, 0.2) is 48.7 Å². The van der Waals surface area contributed by atoms with Crippen LogP contribution in [0, 0.1) is 0 Å². The van der Waals surface area contributed by atoms with Crippen molar-refractivity contribution in [2.24, 2.45) is 0 Å². The summed E-state index contributed by atoms with van der Waals surface area (Å²) in [6.45, 7) is 1.51. The van der Waals surface area contributed by atoms with E-state index in [-0.39, 0.29) is 11.7 Å². The highest BCUT2D eigenvalue weighted by atomic mass is 19.4. The first-order valence-electron chi connectivity index (χ1n) is 11.1. The maximum absolute atomic E-state index is 12.5. The molecule has 0 aliphatic rings. The number of aromatic nitrogens is 2. The average molecular weight is 520 g/mol. The third kappa shape index (κ3) is 8.14. The van der Waals surface area contributed by atoms with Gasteiger partial charge in [-0.15, -0.1) is 13.2 Å². The molecule has 0 aliphatic carbocycles. The van der Waals surface area contributed by atoms with Crippen LogP contribution in [0.4, 0.5) is 47.7 Å². The summed E-state index contributed by atoms with van der Waals surface area (Å²) in [5, 5.41) is 8.70. The van der Waals surface area contributed by atoms with Crippen molar-refractivity contribution in [2.75, 3.05) is 62.2 Å². The highest BCUT2D eigenvalue weighted by Gasteiger charge is 2.31. The number of nitrogens with zero attached hydrogens (tertiary/aromatic N) is 4. The van der Waals surface area contributed by atoms with Gasteiger partial charge in [0, 0.05) is 44.2 Å². The van der Waals surface area contributed by atoms with Crippen LogP contribution in [0.3, 0.4) is 0 Å². The molecule has 3 rings (SSSR count). The van der Waals surface area contributed by atoms with E-state index in [1.807, 2.05) is 26.0 Å². The molecule has 1 heterocycles. The third-order valence-corrected chi connectivity index (χ3v) is 5.07. The lowest BCUT2D eigenvalue weighted by molar-refractivity contribution is -0.274. The quantitative estimate of drug-likeness (QED) is 0.300. The monoisotopic (exact) mass is 519 g/mol. The van der Waals surface area contributed by atoms with E-state index >= 15 is 0 Å². The van der Waals surface area contributed by atoms with Crippen molar-refractivity contribution in [1.29, 1.82) is 0 Å². The molecule has 3 aromatic rings. The van der Waals surface area contributed by atoms with Gasteiger partial charge in [0.15, 0.2) is 0 Å². The maximum atomic E-state index is 12.5. The Morgan fingerprint density at radius 2 is 1.81 bits per heavy atom. The molecular weight excluding hydrogens is 491 g/mol. The second-order valence-corrected chi connectivity index (χ2v) is 8.15. The van der Waals surface area contributed by atoms with Crippen LogP contribution in [0.2, 0.25) is 0 Å². The molecule has 0 saturated carbocycles. The second kappa shape index (κ2) is 12.1. The minimum Gasteiger partial charge on any atom is -0.494 e. The van der Waals surface area contributed by atoms with Gasteiger partial charge in [-0.3, -0.25) is 4.79 Å². The first-order valence-corrected chi connectivity index (χ1v) is 11.1. The van der Waals surface area contributed by atoms with Gasteiger partial charge >= 0.3 is 6.36 Å². The van der Waals surface area contributed by atoms with Crippen LogP contribution in [0.5, 0.6) is 11.5 Å². The van der Waals surface area contributed by atoms with Crippen molar-refractivity contribution >= 4 is 40.9 Å². The number of carbonyl (C=O) groups is 1. The smallest absolute Gasteiger partial charge is 0.494 e. The molecule has 0 spiro atoms. The molecule has 37 heavy (non-hydrogen) atoms. The second-order valence-electron chi connectivity index (χ2n) is 8.15. The molecule has 1 aromatic heterocycles. The number of nitrogens with one attached hydrogen (secondary N) is 3. The van der Waals surface area contributed by atoms with Gasteiger partial charge in [-0.2, -0.15) is 4.98 Å². The molecule has 0 aliphatic heterocycles. The predicted octanol–water partition coefficient (Wildman–Crippen LogP) is 4.44. The number of amides is 1. The van der Waals surface area contributed by atoms with Gasteiger partial charge in [0.2, 0.25) is 12.4 Å². The largest absolute Gasteiger partial charge is 0.573 e. The van der Waals surface area contributed by atoms with Crippen LogP contribution in [0.25, 0.3) is 0 Å². The van der Waals surface area contributed by atoms with Crippen LogP contribution in [-0.2, 0) is 4.79 Å². The fourth-order valence-electron chi connectivity index (χ4n) is 3.33. The molecule has 0 unspecified atom stereocenters. The summed E-state index contributed by atoms with van der Waals surface area (Å²) < 4.78 is 47.1. The summed E-state index contributed by atoms with van der Waals surface area (Å²) in [4.78, 5) is 23.9. The fraction of sp³-hybridized carbons (Fsp3) is 0.292. The lowest BCUT2D eigenvalue weighted by atomic mass is 10.2. The standard InChI is InChI=1S/C24H28F3N7O3/c1-33(2)10-11-34(3)20-14-21(36-4)19(13-18(20)29-15-35)31-23-28-9-8-22(32-23)30-16-6-5-7-17(12-16)37-24(25,26)27/h5-9,12-15H,10-11H2,1-4H3,(H,29,35)(H2,28,30,31,32). The summed E-state index contributed by atoms with van der Waals surface area (Å²) in [5.41, 5.74) is 2.14. The number of anilines is 6. The normalized spacial score (nSPS) is 11.1. The van der Waals surface area contributed by atoms with Crippen LogP contribution in [-0.4, -0.2) is 69.0 Å². The van der Waals surface area contributed by atoms with E-state index in [2.05, 4.69) is 35.6 Å². The van der Waals surface area contributed by atoms with Crippen molar-refractivity contribution in [3.05, 3.63) is 48.7 Å². The van der Waals surface area contributed by atoms with Crippen molar-refractivity contribution < 1.29 is 27.4 Å². The number of likely N-dealkylation sites (N-methyl/N-ethyl adjacent to an activating group) is 2. The first-order chi connectivity index (χ1) is 17.6. The zero-order valence-electron chi connectivity index (χ0n) is 20.8. The topological polar surface area (TPSA) is 104 Å². The van der Waals surface area contributed by atoms with Gasteiger partial charge in [-0.1, -0.05) is 6.07 Å². The van der Waals surface area contributed by atoms with Crippen molar-refractivity contribution in [3.63, 3.8) is 0 Å². The van der Waals surface area contributed by atoms with E-state index < -0.39 is 6.36 Å². The van der Waals surface area contributed by atoms with Crippen molar-refractivity contribution in [1.82, 2.24) is 14.9 Å². The van der Waals surface area contributed by atoms with E-state index in [1.54, 1.807) is 24.3 Å².